The van der Waals surface area contributed by atoms with Gasteiger partial charge in [0, 0.05) is 11.6 Å². The maximum Gasteiger partial charge on any atom is 0.259 e. The van der Waals surface area contributed by atoms with E-state index in [1.807, 2.05) is 30.3 Å². The van der Waals surface area contributed by atoms with Crippen LogP contribution in [-0.2, 0) is 10.0 Å². The van der Waals surface area contributed by atoms with Crippen LogP contribution in [0, 0.1) is 0 Å². The van der Waals surface area contributed by atoms with Gasteiger partial charge >= 0.3 is 0 Å². The number of nitrogens with zero attached hydrogens (tertiary/aromatic N) is 2. The lowest BCUT2D eigenvalue weighted by Crippen LogP contribution is -2.30. The Morgan fingerprint density at radius 1 is 1.11 bits per heavy atom. The molecule has 0 saturated carbocycles. The fraction of sp³-hybridized carbons (Fsp3) is 0.167. The first-order valence-corrected chi connectivity index (χ1v) is 11.0. The molecule has 0 atom stereocenters. The van der Waals surface area contributed by atoms with E-state index in [-0.39, 0.29) is 26.7 Å². The second-order valence-corrected chi connectivity index (χ2v) is 9.25. The van der Waals surface area contributed by atoms with Crippen LogP contribution < -0.4 is 10.0 Å². The van der Waals surface area contributed by atoms with Crippen LogP contribution in [0.1, 0.15) is 24.2 Å². The molecule has 2 N–H and O–H groups in total. The molecular formula is C18H17ClN4O3S2. The summed E-state index contributed by atoms with van der Waals surface area (Å²) in [5.41, 5.74) is 0.913. The lowest BCUT2D eigenvalue weighted by molar-refractivity contribution is 0.102. The van der Waals surface area contributed by atoms with Crippen LogP contribution in [0.4, 0.5) is 5.13 Å². The Hall–Kier alpha value is -2.33. The number of carbonyl (C=O) groups excluding carboxylic acids is 1. The van der Waals surface area contributed by atoms with Crippen LogP contribution in [-0.4, -0.2) is 30.6 Å². The van der Waals surface area contributed by atoms with Crippen molar-refractivity contribution in [3.05, 3.63) is 59.1 Å². The van der Waals surface area contributed by atoms with Gasteiger partial charge in [0.05, 0.1) is 15.5 Å². The number of rotatable bonds is 6. The quantitative estimate of drug-likeness (QED) is 0.612. The average molecular weight is 437 g/mol. The lowest BCUT2D eigenvalue weighted by atomic mass is 10.2. The molecule has 0 radical (unpaired) electrons. The van der Waals surface area contributed by atoms with Gasteiger partial charge in [-0.1, -0.05) is 53.3 Å². The van der Waals surface area contributed by atoms with Crippen LogP contribution in [0.2, 0.25) is 5.02 Å². The number of carbonyl (C=O) groups is 1. The van der Waals surface area contributed by atoms with E-state index in [0.717, 1.165) is 5.56 Å². The van der Waals surface area contributed by atoms with Gasteiger partial charge in [-0.25, -0.2) is 13.1 Å². The molecule has 0 spiro atoms. The van der Waals surface area contributed by atoms with E-state index in [2.05, 4.69) is 20.2 Å². The standard InChI is InChI=1S/C18H17ClN4O3S2/c1-11(2)23-28(25,26)13-8-9-15(19)14(10-13)16(24)20-18-22-21-17(27-18)12-6-4-3-5-7-12/h3-11,23H,1-2H3,(H,20,22,24). The van der Waals surface area contributed by atoms with Crippen molar-refractivity contribution in [3.63, 3.8) is 0 Å². The Balaban J connectivity index is 1.83. The molecule has 7 nitrogen and oxygen atoms in total. The molecule has 146 valence electrons. The number of amides is 1. The number of anilines is 1. The first-order chi connectivity index (χ1) is 13.3. The third-order valence-corrected chi connectivity index (χ3v) is 6.42. The third-order valence-electron chi connectivity index (χ3n) is 3.55. The van der Waals surface area contributed by atoms with Crippen molar-refractivity contribution in [2.75, 3.05) is 5.32 Å². The van der Waals surface area contributed by atoms with Gasteiger partial charge in [0.2, 0.25) is 15.2 Å². The van der Waals surface area contributed by atoms with E-state index in [0.29, 0.717) is 5.01 Å². The summed E-state index contributed by atoms with van der Waals surface area (Å²) in [6.07, 6.45) is 0. The van der Waals surface area contributed by atoms with Crippen molar-refractivity contribution < 1.29 is 13.2 Å². The molecule has 0 saturated heterocycles. The van der Waals surface area contributed by atoms with Gasteiger partial charge < -0.3 is 0 Å². The Bertz CT molecular complexity index is 1100. The number of halogens is 1. The highest BCUT2D eigenvalue weighted by Crippen LogP contribution is 2.27. The van der Waals surface area contributed by atoms with Crippen LogP contribution in [0.3, 0.4) is 0 Å². The fourth-order valence-corrected chi connectivity index (χ4v) is 4.58. The normalized spacial score (nSPS) is 11.6. The topological polar surface area (TPSA) is 101 Å². The van der Waals surface area contributed by atoms with Crippen LogP contribution in [0.15, 0.2) is 53.4 Å². The van der Waals surface area contributed by atoms with Crippen LogP contribution in [0.25, 0.3) is 10.6 Å². The predicted octanol–water partition coefficient (Wildman–Crippen LogP) is 3.80. The first kappa shape index (κ1) is 20.4. The largest absolute Gasteiger partial charge is 0.296 e. The minimum Gasteiger partial charge on any atom is -0.296 e. The minimum absolute atomic E-state index is 0.0322. The van der Waals surface area contributed by atoms with Gasteiger partial charge in [-0.3, -0.25) is 10.1 Å². The van der Waals surface area contributed by atoms with Crippen molar-refractivity contribution >= 4 is 44.0 Å². The number of aromatic nitrogens is 2. The molecule has 2 aromatic carbocycles. The maximum absolute atomic E-state index is 12.6. The molecule has 28 heavy (non-hydrogen) atoms. The highest BCUT2D eigenvalue weighted by Gasteiger charge is 2.20. The second kappa shape index (κ2) is 8.36. The van der Waals surface area contributed by atoms with E-state index in [9.17, 15) is 13.2 Å². The first-order valence-electron chi connectivity index (χ1n) is 8.28. The summed E-state index contributed by atoms with van der Waals surface area (Å²) in [6, 6.07) is 13.1. The van der Waals surface area contributed by atoms with E-state index in [1.165, 1.54) is 29.5 Å². The molecule has 0 aliphatic heterocycles. The SMILES string of the molecule is CC(C)NS(=O)(=O)c1ccc(Cl)c(C(=O)Nc2nnc(-c3ccccc3)s2)c1. The molecule has 1 aromatic heterocycles. The maximum atomic E-state index is 12.6. The highest BCUT2D eigenvalue weighted by atomic mass is 35.5. The van der Waals surface area contributed by atoms with Gasteiger partial charge in [-0.05, 0) is 32.0 Å². The summed E-state index contributed by atoms with van der Waals surface area (Å²) in [6.45, 7) is 3.42. The summed E-state index contributed by atoms with van der Waals surface area (Å²) < 4.78 is 27.2. The average Bonchev–Trinajstić information content (AvgIpc) is 3.10. The van der Waals surface area contributed by atoms with Gasteiger partial charge in [-0.2, -0.15) is 0 Å². The molecule has 0 unspecified atom stereocenters. The van der Waals surface area contributed by atoms with E-state index >= 15 is 0 Å². The molecule has 0 aliphatic carbocycles. The molecule has 3 aromatic rings. The molecule has 10 heteroatoms. The number of sulfonamides is 1. The van der Waals surface area contributed by atoms with Gasteiger partial charge in [-0.15, -0.1) is 10.2 Å². The summed E-state index contributed by atoms with van der Waals surface area (Å²) in [5.74, 6) is -0.567. The van der Waals surface area contributed by atoms with Crippen molar-refractivity contribution in [2.24, 2.45) is 0 Å². The van der Waals surface area contributed by atoms with E-state index < -0.39 is 15.9 Å². The molecule has 0 bridgehead atoms. The minimum atomic E-state index is -3.75. The molecular weight excluding hydrogens is 420 g/mol. The number of nitrogens with one attached hydrogen (secondary N) is 2. The number of benzene rings is 2. The van der Waals surface area contributed by atoms with E-state index in [4.69, 9.17) is 11.6 Å². The van der Waals surface area contributed by atoms with Gasteiger partial charge in [0.15, 0.2) is 0 Å². The Morgan fingerprint density at radius 3 is 2.50 bits per heavy atom. The third kappa shape index (κ3) is 4.74. The summed E-state index contributed by atoms with van der Waals surface area (Å²) in [4.78, 5) is 12.6. The molecule has 1 amide bonds. The van der Waals surface area contributed by atoms with Crippen molar-refractivity contribution in [1.82, 2.24) is 14.9 Å². The number of hydrogen-bond acceptors (Lipinski definition) is 6. The summed E-state index contributed by atoms with van der Waals surface area (Å²) in [7, 11) is -3.75. The highest BCUT2D eigenvalue weighted by molar-refractivity contribution is 7.89. The Morgan fingerprint density at radius 2 is 1.82 bits per heavy atom. The van der Waals surface area contributed by atoms with Crippen molar-refractivity contribution in [1.29, 1.82) is 0 Å². The smallest absolute Gasteiger partial charge is 0.259 e. The zero-order valence-electron chi connectivity index (χ0n) is 15.0. The zero-order valence-corrected chi connectivity index (χ0v) is 17.4. The lowest BCUT2D eigenvalue weighted by Gasteiger charge is -2.11. The fourth-order valence-electron chi connectivity index (χ4n) is 2.36. The zero-order chi connectivity index (χ0) is 20.3. The van der Waals surface area contributed by atoms with Crippen LogP contribution in [0.5, 0.6) is 0 Å². The van der Waals surface area contributed by atoms with Gasteiger partial charge in [0.1, 0.15) is 5.01 Å². The summed E-state index contributed by atoms with van der Waals surface area (Å²) in [5, 5.41) is 11.7. The Kier molecular flexibility index (Phi) is 6.09. The van der Waals surface area contributed by atoms with Crippen molar-refractivity contribution in [3.8, 4) is 10.6 Å². The molecule has 0 fully saturated rings. The van der Waals surface area contributed by atoms with Gasteiger partial charge in [0.25, 0.3) is 5.91 Å². The van der Waals surface area contributed by atoms with Crippen LogP contribution >= 0.6 is 22.9 Å². The second-order valence-electron chi connectivity index (χ2n) is 6.15. The Labute approximate surface area is 171 Å². The molecule has 0 aliphatic rings. The predicted molar refractivity (Wildman–Crippen MR) is 110 cm³/mol. The monoisotopic (exact) mass is 436 g/mol. The molecule has 1 heterocycles. The number of hydrogen-bond donors (Lipinski definition) is 2. The van der Waals surface area contributed by atoms with E-state index in [1.54, 1.807) is 13.8 Å². The summed E-state index contributed by atoms with van der Waals surface area (Å²) >= 11 is 7.31. The molecule has 3 rings (SSSR count). The van der Waals surface area contributed by atoms with Crippen molar-refractivity contribution in [2.45, 2.75) is 24.8 Å².